The predicted octanol–water partition coefficient (Wildman–Crippen LogP) is 2.72. The fourth-order valence-corrected chi connectivity index (χ4v) is 3.43. The molecule has 2 atom stereocenters. The number of carboxylic acids is 1. The number of hydrogen-bond acceptors (Lipinski definition) is 4. The maximum atomic E-state index is 12.6. The predicted molar refractivity (Wildman–Crippen MR) is 90.2 cm³/mol. The van der Waals surface area contributed by atoms with Gasteiger partial charge in [0.15, 0.2) is 0 Å². The summed E-state index contributed by atoms with van der Waals surface area (Å²) in [5.74, 6) is -1.16. The molecule has 1 amide bonds. The quantitative estimate of drug-likeness (QED) is 0.870. The lowest BCUT2D eigenvalue weighted by atomic mass is 9.96. The van der Waals surface area contributed by atoms with Crippen LogP contribution in [0.3, 0.4) is 0 Å². The highest BCUT2D eigenvalue weighted by Crippen LogP contribution is 2.39. The van der Waals surface area contributed by atoms with E-state index in [1.807, 2.05) is 39.0 Å². The van der Waals surface area contributed by atoms with Gasteiger partial charge in [0, 0.05) is 19.1 Å². The van der Waals surface area contributed by atoms with Gasteiger partial charge in [0.2, 0.25) is 0 Å². The summed E-state index contributed by atoms with van der Waals surface area (Å²) in [5.41, 5.74) is 2.43. The van der Waals surface area contributed by atoms with Crippen molar-refractivity contribution in [3.05, 3.63) is 29.3 Å². The monoisotopic (exact) mass is 332 g/mol. The molecule has 1 aromatic carbocycles. The number of carbonyl (C=O) groups is 2. The molecule has 6 heteroatoms. The minimum absolute atomic E-state index is 0.0518. The lowest BCUT2D eigenvalue weighted by Gasteiger charge is -2.27. The molecular weight excluding hydrogens is 308 g/mol. The summed E-state index contributed by atoms with van der Waals surface area (Å²) < 4.78 is 5.53. The van der Waals surface area contributed by atoms with E-state index in [0.717, 1.165) is 23.2 Å². The number of rotatable bonds is 2. The van der Waals surface area contributed by atoms with Crippen LogP contribution in [-0.4, -0.2) is 35.9 Å². The first-order valence-electron chi connectivity index (χ1n) is 8.35. The van der Waals surface area contributed by atoms with E-state index in [1.54, 1.807) is 4.90 Å². The van der Waals surface area contributed by atoms with Gasteiger partial charge in [-0.25, -0.2) is 4.79 Å². The number of anilines is 1. The Bertz CT molecular complexity index is 665. The van der Waals surface area contributed by atoms with Crippen LogP contribution in [0.15, 0.2) is 18.2 Å². The zero-order valence-corrected chi connectivity index (χ0v) is 14.3. The number of amides is 1. The third-order valence-corrected chi connectivity index (χ3v) is 4.49. The smallest absolute Gasteiger partial charge is 0.414 e. The van der Waals surface area contributed by atoms with Gasteiger partial charge in [-0.2, -0.15) is 0 Å². The molecule has 2 aliphatic rings. The lowest BCUT2D eigenvalue weighted by molar-refractivity contribution is -0.141. The molecule has 1 fully saturated rings. The second-order valence-electron chi connectivity index (χ2n) is 7.47. The van der Waals surface area contributed by atoms with Crippen molar-refractivity contribution in [2.75, 3.05) is 18.0 Å². The number of aliphatic carboxylic acids is 1. The highest BCUT2D eigenvalue weighted by Gasteiger charge is 2.36. The molecule has 2 heterocycles. The minimum Gasteiger partial charge on any atom is -0.481 e. The van der Waals surface area contributed by atoms with Crippen molar-refractivity contribution >= 4 is 17.7 Å². The average Bonchev–Trinajstić information content (AvgIpc) is 3.12. The first kappa shape index (κ1) is 16.8. The lowest BCUT2D eigenvalue weighted by Crippen LogP contribution is -2.36. The van der Waals surface area contributed by atoms with Crippen molar-refractivity contribution in [1.82, 2.24) is 5.32 Å². The van der Waals surface area contributed by atoms with E-state index in [1.165, 1.54) is 0 Å². The van der Waals surface area contributed by atoms with E-state index in [9.17, 15) is 14.7 Å². The number of benzene rings is 1. The molecule has 0 saturated carbocycles. The second-order valence-corrected chi connectivity index (χ2v) is 7.47. The van der Waals surface area contributed by atoms with Gasteiger partial charge in [0.1, 0.15) is 5.60 Å². The van der Waals surface area contributed by atoms with Crippen LogP contribution < -0.4 is 10.2 Å². The Balaban J connectivity index is 1.88. The molecule has 1 aromatic rings. The van der Waals surface area contributed by atoms with Crippen LogP contribution in [0, 0.1) is 5.92 Å². The second kappa shape index (κ2) is 6.09. The number of hydrogen-bond donors (Lipinski definition) is 2. The van der Waals surface area contributed by atoms with Crippen LogP contribution in [-0.2, 0) is 16.0 Å². The maximum Gasteiger partial charge on any atom is 0.414 e. The summed E-state index contributed by atoms with van der Waals surface area (Å²) in [4.78, 5) is 25.5. The number of carbonyl (C=O) groups excluding carboxylic acids is 1. The first-order valence-corrected chi connectivity index (χ1v) is 8.35. The summed E-state index contributed by atoms with van der Waals surface area (Å²) in [6.45, 7) is 6.60. The number of nitrogens with zero attached hydrogens (tertiary/aromatic N) is 1. The van der Waals surface area contributed by atoms with Gasteiger partial charge >= 0.3 is 12.1 Å². The Kier molecular flexibility index (Phi) is 4.25. The maximum absolute atomic E-state index is 12.6. The fraction of sp³-hybridized carbons (Fsp3) is 0.556. The highest BCUT2D eigenvalue weighted by molar-refractivity contribution is 5.92. The third kappa shape index (κ3) is 3.24. The fourth-order valence-electron chi connectivity index (χ4n) is 3.43. The molecule has 0 aliphatic carbocycles. The van der Waals surface area contributed by atoms with Gasteiger partial charge in [0.25, 0.3) is 0 Å². The summed E-state index contributed by atoms with van der Waals surface area (Å²) in [6, 6.07) is 5.92. The first-order chi connectivity index (χ1) is 11.3. The third-order valence-electron chi connectivity index (χ3n) is 4.49. The molecular formula is C18H24N2O4. The van der Waals surface area contributed by atoms with Crippen LogP contribution in [0.4, 0.5) is 10.5 Å². The summed E-state index contributed by atoms with van der Waals surface area (Å²) in [6.07, 6.45) is 0.979. The van der Waals surface area contributed by atoms with Crippen molar-refractivity contribution in [1.29, 1.82) is 0 Å². The van der Waals surface area contributed by atoms with E-state index < -0.39 is 11.6 Å². The van der Waals surface area contributed by atoms with Gasteiger partial charge in [-0.05, 0) is 44.7 Å². The Hall–Kier alpha value is -2.08. The number of nitrogens with one attached hydrogen (secondary N) is 1. The number of fused-ring (bicyclic) bond motifs is 1. The molecule has 2 unspecified atom stereocenters. The van der Waals surface area contributed by atoms with Crippen molar-refractivity contribution in [2.45, 2.75) is 45.3 Å². The van der Waals surface area contributed by atoms with Crippen LogP contribution in [0.5, 0.6) is 0 Å². The van der Waals surface area contributed by atoms with Gasteiger partial charge in [-0.15, -0.1) is 0 Å². The largest absolute Gasteiger partial charge is 0.481 e. The molecule has 1 saturated heterocycles. The van der Waals surface area contributed by atoms with Crippen LogP contribution >= 0.6 is 0 Å². The van der Waals surface area contributed by atoms with Gasteiger partial charge in [-0.3, -0.25) is 9.69 Å². The number of para-hydroxylation sites is 1. The van der Waals surface area contributed by atoms with Gasteiger partial charge in [0.05, 0.1) is 11.6 Å². The molecule has 130 valence electrons. The van der Waals surface area contributed by atoms with E-state index in [-0.39, 0.29) is 18.1 Å². The minimum atomic E-state index is -0.776. The molecule has 6 nitrogen and oxygen atoms in total. The standard InChI is InChI=1S/C18H24N2O4/c1-18(2,3)24-17(23)20-8-7-11-5-4-6-13(15(11)20)14-9-12(10-19-14)16(21)22/h4-6,12,14,19H,7-10H2,1-3H3,(H,21,22). The van der Waals surface area contributed by atoms with Crippen molar-refractivity contribution in [2.24, 2.45) is 5.92 Å². The van der Waals surface area contributed by atoms with Crippen LogP contribution in [0.1, 0.15) is 44.4 Å². The summed E-state index contributed by atoms with van der Waals surface area (Å²) in [7, 11) is 0. The van der Waals surface area contributed by atoms with E-state index in [2.05, 4.69) is 5.32 Å². The average molecular weight is 332 g/mol. The van der Waals surface area contributed by atoms with Gasteiger partial charge in [-0.1, -0.05) is 18.2 Å². The van der Waals surface area contributed by atoms with E-state index in [4.69, 9.17) is 4.74 Å². The normalized spacial score (nSPS) is 23.2. The molecule has 0 aromatic heterocycles. The molecule has 24 heavy (non-hydrogen) atoms. The molecule has 2 aliphatic heterocycles. The van der Waals surface area contributed by atoms with Crippen LogP contribution in [0.25, 0.3) is 0 Å². The Morgan fingerprint density at radius 2 is 2.08 bits per heavy atom. The van der Waals surface area contributed by atoms with E-state index >= 15 is 0 Å². The SMILES string of the molecule is CC(C)(C)OC(=O)N1CCc2cccc(C3CC(C(=O)O)CN3)c21. The molecule has 0 radical (unpaired) electrons. The molecule has 2 N–H and O–H groups in total. The summed E-state index contributed by atoms with van der Waals surface area (Å²) >= 11 is 0. The molecule has 0 spiro atoms. The van der Waals surface area contributed by atoms with E-state index in [0.29, 0.717) is 19.5 Å². The molecule has 3 rings (SSSR count). The Morgan fingerprint density at radius 3 is 2.71 bits per heavy atom. The Morgan fingerprint density at radius 1 is 1.33 bits per heavy atom. The van der Waals surface area contributed by atoms with Gasteiger partial charge < -0.3 is 15.2 Å². The number of carboxylic acid groups (broad SMARTS) is 1. The zero-order chi connectivity index (χ0) is 17.5. The van der Waals surface area contributed by atoms with Crippen molar-refractivity contribution < 1.29 is 19.4 Å². The van der Waals surface area contributed by atoms with Crippen molar-refractivity contribution in [3.8, 4) is 0 Å². The van der Waals surface area contributed by atoms with Crippen LogP contribution in [0.2, 0.25) is 0 Å². The van der Waals surface area contributed by atoms with Crippen molar-refractivity contribution in [3.63, 3.8) is 0 Å². The summed E-state index contributed by atoms with van der Waals surface area (Å²) in [5, 5.41) is 12.5. The number of ether oxygens (including phenoxy) is 1. The molecule has 0 bridgehead atoms. The zero-order valence-electron chi connectivity index (χ0n) is 14.3. The topological polar surface area (TPSA) is 78.9 Å². The Labute approximate surface area is 141 Å². The highest BCUT2D eigenvalue weighted by atomic mass is 16.6.